The van der Waals surface area contributed by atoms with Gasteiger partial charge < -0.3 is 15.8 Å². The zero-order chi connectivity index (χ0) is 11.4. The van der Waals surface area contributed by atoms with Gasteiger partial charge in [-0.1, -0.05) is 6.07 Å². The van der Waals surface area contributed by atoms with E-state index in [1.165, 1.54) is 0 Å². The Bertz CT molecular complexity index is 450. The number of rotatable bonds is 4. The summed E-state index contributed by atoms with van der Waals surface area (Å²) in [7, 11) is 1.59. The fourth-order valence-corrected chi connectivity index (χ4v) is 1.27. The van der Waals surface area contributed by atoms with E-state index >= 15 is 0 Å². The van der Waals surface area contributed by atoms with Crippen LogP contribution in [0.1, 0.15) is 5.56 Å². The van der Waals surface area contributed by atoms with Gasteiger partial charge in [0.1, 0.15) is 5.82 Å². The largest absolute Gasteiger partial charge is 0.481 e. The van der Waals surface area contributed by atoms with Crippen LogP contribution in [0.2, 0.25) is 0 Å². The number of aromatic nitrogens is 3. The fourth-order valence-electron chi connectivity index (χ4n) is 1.27. The molecule has 0 aliphatic rings. The highest BCUT2D eigenvalue weighted by molar-refractivity contribution is 5.59. The van der Waals surface area contributed by atoms with Gasteiger partial charge in [-0.25, -0.2) is 4.98 Å². The van der Waals surface area contributed by atoms with Crippen molar-refractivity contribution in [2.24, 2.45) is 0 Å². The predicted molar refractivity (Wildman–Crippen MR) is 61.1 cm³/mol. The van der Waals surface area contributed by atoms with Crippen molar-refractivity contribution in [3.05, 3.63) is 30.1 Å². The van der Waals surface area contributed by atoms with Crippen molar-refractivity contribution in [1.29, 1.82) is 0 Å². The van der Waals surface area contributed by atoms with E-state index < -0.39 is 0 Å². The smallest absolute Gasteiger partial charge is 0.212 e. The van der Waals surface area contributed by atoms with Crippen LogP contribution in [-0.4, -0.2) is 22.3 Å². The molecular formula is C10H13N5O. The predicted octanol–water partition coefficient (Wildman–Crippen LogP) is 1.01. The number of hydrogen-bond donors (Lipinski definition) is 3. The van der Waals surface area contributed by atoms with E-state index in [1.54, 1.807) is 19.5 Å². The molecule has 0 radical (unpaired) electrons. The Balaban J connectivity index is 1.97. The van der Waals surface area contributed by atoms with Crippen LogP contribution >= 0.6 is 0 Å². The molecule has 4 N–H and O–H groups in total. The van der Waals surface area contributed by atoms with Gasteiger partial charge in [0.2, 0.25) is 5.88 Å². The Labute approximate surface area is 92.8 Å². The molecule has 6 nitrogen and oxygen atoms in total. The van der Waals surface area contributed by atoms with Crippen LogP contribution in [0.4, 0.5) is 11.5 Å². The average Bonchev–Trinajstić information content (AvgIpc) is 2.73. The number of ether oxygens (including phenoxy) is 1. The third kappa shape index (κ3) is 2.22. The van der Waals surface area contributed by atoms with Crippen LogP contribution in [0, 0.1) is 0 Å². The quantitative estimate of drug-likeness (QED) is 0.714. The number of nitrogens with zero attached hydrogens (tertiary/aromatic N) is 2. The highest BCUT2D eigenvalue weighted by atomic mass is 16.5. The standard InChI is InChI=1S/C10H13N5O/c1-16-9-3-2-7(5-13-9)4-12-8-6-14-15-10(8)11/h2-3,5-6,12H,4H2,1H3,(H3,11,14,15). The van der Waals surface area contributed by atoms with E-state index in [2.05, 4.69) is 20.5 Å². The monoisotopic (exact) mass is 219 g/mol. The summed E-state index contributed by atoms with van der Waals surface area (Å²) in [5, 5.41) is 9.61. The first-order valence-electron chi connectivity index (χ1n) is 4.81. The van der Waals surface area contributed by atoms with E-state index in [4.69, 9.17) is 10.5 Å². The van der Waals surface area contributed by atoms with Gasteiger partial charge in [0, 0.05) is 18.8 Å². The molecule has 6 heteroatoms. The van der Waals surface area contributed by atoms with Crippen molar-refractivity contribution in [3.8, 4) is 5.88 Å². The molecule has 0 spiro atoms. The summed E-state index contributed by atoms with van der Waals surface area (Å²) in [5.74, 6) is 1.13. The van der Waals surface area contributed by atoms with E-state index in [0.717, 1.165) is 11.3 Å². The fraction of sp³-hybridized carbons (Fsp3) is 0.200. The molecule has 2 rings (SSSR count). The van der Waals surface area contributed by atoms with Gasteiger partial charge in [-0.3, -0.25) is 5.10 Å². The topological polar surface area (TPSA) is 88.8 Å². The first kappa shape index (κ1) is 10.3. The summed E-state index contributed by atoms with van der Waals surface area (Å²) in [6.45, 7) is 0.640. The summed E-state index contributed by atoms with van der Waals surface area (Å²) >= 11 is 0. The van der Waals surface area contributed by atoms with Gasteiger partial charge in [-0.15, -0.1) is 0 Å². The second kappa shape index (κ2) is 4.52. The molecule has 0 saturated heterocycles. The molecule has 0 aliphatic heterocycles. The summed E-state index contributed by atoms with van der Waals surface area (Å²) < 4.78 is 4.97. The SMILES string of the molecule is COc1ccc(CNc2cn[nH]c2N)cn1. The molecular weight excluding hydrogens is 206 g/mol. The molecule has 2 heterocycles. The molecule has 0 amide bonds. The minimum absolute atomic E-state index is 0.529. The molecule has 0 unspecified atom stereocenters. The normalized spacial score (nSPS) is 10.1. The van der Waals surface area contributed by atoms with Crippen molar-refractivity contribution in [2.75, 3.05) is 18.2 Å². The molecule has 0 bridgehead atoms. The number of methoxy groups -OCH3 is 1. The number of nitrogen functional groups attached to an aromatic ring is 1. The van der Waals surface area contributed by atoms with Crippen molar-refractivity contribution in [1.82, 2.24) is 15.2 Å². The highest BCUT2D eigenvalue weighted by Crippen LogP contribution is 2.14. The van der Waals surface area contributed by atoms with Crippen molar-refractivity contribution in [2.45, 2.75) is 6.54 Å². The first-order valence-corrected chi connectivity index (χ1v) is 4.81. The number of nitrogens with two attached hydrogens (primary N) is 1. The van der Waals surface area contributed by atoms with Crippen LogP contribution in [0.3, 0.4) is 0 Å². The lowest BCUT2D eigenvalue weighted by molar-refractivity contribution is 0.397. The van der Waals surface area contributed by atoms with Crippen molar-refractivity contribution < 1.29 is 4.74 Å². The molecule has 0 aliphatic carbocycles. The summed E-state index contributed by atoms with van der Waals surface area (Å²) in [4.78, 5) is 4.10. The van der Waals surface area contributed by atoms with Crippen LogP contribution in [0.15, 0.2) is 24.5 Å². The highest BCUT2D eigenvalue weighted by Gasteiger charge is 2.00. The lowest BCUT2D eigenvalue weighted by atomic mass is 10.3. The van der Waals surface area contributed by atoms with E-state index in [0.29, 0.717) is 18.2 Å². The lowest BCUT2D eigenvalue weighted by Crippen LogP contribution is -2.01. The molecule has 0 aromatic carbocycles. The zero-order valence-electron chi connectivity index (χ0n) is 8.90. The maximum Gasteiger partial charge on any atom is 0.212 e. The van der Waals surface area contributed by atoms with Gasteiger partial charge in [0.15, 0.2) is 0 Å². The minimum atomic E-state index is 0.529. The number of anilines is 2. The average molecular weight is 219 g/mol. The summed E-state index contributed by atoms with van der Waals surface area (Å²) in [5.41, 5.74) is 7.46. The number of H-pyrrole nitrogens is 1. The molecule has 0 atom stereocenters. The van der Waals surface area contributed by atoms with Crippen LogP contribution in [-0.2, 0) is 6.54 Å². The van der Waals surface area contributed by atoms with E-state index in [1.807, 2.05) is 12.1 Å². The maximum absolute atomic E-state index is 5.63. The Morgan fingerprint density at radius 3 is 2.88 bits per heavy atom. The molecule has 16 heavy (non-hydrogen) atoms. The second-order valence-electron chi connectivity index (χ2n) is 3.26. The van der Waals surface area contributed by atoms with Gasteiger partial charge >= 0.3 is 0 Å². The number of pyridine rings is 1. The van der Waals surface area contributed by atoms with Crippen molar-refractivity contribution in [3.63, 3.8) is 0 Å². The lowest BCUT2D eigenvalue weighted by Gasteiger charge is -2.05. The number of hydrogen-bond acceptors (Lipinski definition) is 5. The van der Waals surface area contributed by atoms with Gasteiger partial charge in [0.05, 0.1) is 19.0 Å². The van der Waals surface area contributed by atoms with Crippen molar-refractivity contribution >= 4 is 11.5 Å². The number of aromatic amines is 1. The molecule has 2 aromatic heterocycles. The minimum Gasteiger partial charge on any atom is -0.481 e. The Kier molecular flexibility index (Phi) is 2.90. The second-order valence-corrected chi connectivity index (χ2v) is 3.26. The summed E-state index contributed by atoms with van der Waals surface area (Å²) in [6.07, 6.45) is 3.40. The first-order chi connectivity index (χ1) is 7.79. The zero-order valence-corrected chi connectivity index (χ0v) is 8.90. The van der Waals surface area contributed by atoms with E-state index in [9.17, 15) is 0 Å². The Morgan fingerprint density at radius 1 is 1.44 bits per heavy atom. The van der Waals surface area contributed by atoms with Crippen LogP contribution in [0.25, 0.3) is 0 Å². The molecule has 0 saturated carbocycles. The van der Waals surface area contributed by atoms with Crippen LogP contribution < -0.4 is 15.8 Å². The van der Waals surface area contributed by atoms with Gasteiger partial charge in [-0.05, 0) is 5.56 Å². The van der Waals surface area contributed by atoms with E-state index in [-0.39, 0.29) is 0 Å². The summed E-state index contributed by atoms with van der Waals surface area (Å²) in [6, 6.07) is 3.75. The van der Waals surface area contributed by atoms with Gasteiger partial charge in [-0.2, -0.15) is 5.10 Å². The third-order valence-corrected chi connectivity index (χ3v) is 2.16. The van der Waals surface area contributed by atoms with Gasteiger partial charge in [0.25, 0.3) is 0 Å². The molecule has 2 aromatic rings. The maximum atomic E-state index is 5.63. The molecule has 84 valence electrons. The third-order valence-electron chi connectivity index (χ3n) is 2.16. The number of nitrogens with one attached hydrogen (secondary N) is 2. The Morgan fingerprint density at radius 2 is 2.31 bits per heavy atom. The van der Waals surface area contributed by atoms with Crippen LogP contribution in [0.5, 0.6) is 5.88 Å². The Hall–Kier alpha value is -2.24. The molecule has 0 fully saturated rings.